The molecule has 70 valence electrons. The van der Waals surface area contributed by atoms with Crippen molar-refractivity contribution in [3.63, 3.8) is 0 Å². The van der Waals surface area contributed by atoms with Gasteiger partial charge in [0, 0.05) is 0 Å². The quantitative estimate of drug-likeness (QED) is 0.275. The van der Waals surface area contributed by atoms with Crippen LogP contribution in [0, 0.1) is 0 Å². The molecule has 0 heterocycles. The molecule has 0 amide bonds. The second-order valence-electron chi connectivity index (χ2n) is 2.46. The first-order valence-corrected chi connectivity index (χ1v) is 9.26. The molecule has 0 aliphatic heterocycles. The number of hydrogen-bond donors (Lipinski definition) is 0. The normalized spacial score (nSPS) is 9.62. The van der Waals surface area contributed by atoms with Crippen molar-refractivity contribution in [2.75, 3.05) is 8.22 Å². The van der Waals surface area contributed by atoms with Crippen molar-refractivity contribution in [1.29, 1.82) is 0 Å². The van der Waals surface area contributed by atoms with E-state index in [9.17, 15) is 4.79 Å². The fourth-order valence-electron chi connectivity index (χ4n) is 0.866. The van der Waals surface area contributed by atoms with E-state index in [1.165, 1.54) is 3.29 Å². The third-order valence-electron chi connectivity index (χ3n) is 1.51. The van der Waals surface area contributed by atoms with Crippen LogP contribution in [0.5, 0.6) is 0 Å². The van der Waals surface area contributed by atoms with Crippen LogP contribution in [0.15, 0.2) is 30.3 Å². The topological polar surface area (TPSA) is 26.3 Å². The molecule has 1 rings (SSSR count). The van der Waals surface area contributed by atoms with E-state index in [2.05, 4.69) is 4.93 Å². The van der Waals surface area contributed by atoms with Gasteiger partial charge in [0.25, 0.3) is 0 Å². The molecule has 0 unspecified atom stereocenters. The van der Waals surface area contributed by atoms with Crippen molar-refractivity contribution >= 4 is 21.5 Å². The molecule has 4 heteroatoms. The molecule has 0 aliphatic rings. The van der Waals surface area contributed by atoms with Gasteiger partial charge in [0.2, 0.25) is 0 Å². The predicted octanol–water partition coefficient (Wildman–Crippen LogP) is -2.13. The minimum absolute atomic E-state index is 0.148. The first kappa shape index (κ1) is 11.0. The summed E-state index contributed by atoms with van der Waals surface area (Å²) in [5.74, 6) is -0.148. The Balaban J connectivity index is 2.40. The maximum absolute atomic E-state index is 11.3. The van der Waals surface area contributed by atoms with Gasteiger partial charge in [-0.1, -0.05) is 0 Å². The SMILES string of the molecule is C[I-][CH2][AlH][O]C(=O)c1ccccc1. The number of halogens is 1. The molecule has 0 fully saturated rings. The molecule has 0 radical (unpaired) electrons. The Labute approximate surface area is 95.0 Å². The van der Waals surface area contributed by atoms with Crippen LogP contribution < -0.4 is 21.2 Å². The third-order valence-corrected chi connectivity index (χ3v) is 7.06. The summed E-state index contributed by atoms with van der Waals surface area (Å²) in [6.07, 6.45) is 0. The van der Waals surface area contributed by atoms with Gasteiger partial charge in [-0.15, -0.1) is 0 Å². The fraction of sp³-hybridized carbons (Fsp3) is 0.222. The summed E-state index contributed by atoms with van der Waals surface area (Å²) in [5.41, 5.74) is 0.671. The number of alkyl halides is 2. The molecule has 0 atom stereocenters. The molecule has 0 spiro atoms. The van der Waals surface area contributed by atoms with Crippen molar-refractivity contribution in [2.45, 2.75) is 0 Å². The predicted molar refractivity (Wildman–Crippen MR) is 49.8 cm³/mol. The Hall–Kier alpha value is -0.0475. The van der Waals surface area contributed by atoms with E-state index in [0.717, 1.165) is 0 Å². The summed E-state index contributed by atoms with van der Waals surface area (Å²) in [5, 5.41) is 0. The molecule has 0 bridgehead atoms. The van der Waals surface area contributed by atoms with Gasteiger partial charge in [-0.25, -0.2) is 0 Å². The number of carbonyl (C=O) groups excluding carboxylic acids is 1. The summed E-state index contributed by atoms with van der Waals surface area (Å²) in [4.78, 5) is 13.6. The number of rotatable bonds is 4. The summed E-state index contributed by atoms with van der Waals surface area (Å²) < 4.78 is 6.37. The Morgan fingerprint density at radius 3 is 2.77 bits per heavy atom. The van der Waals surface area contributed by atoms with Crippen LogP contribution in [0.25, 0.3) is 0 Å². The molecule has 0 saturated heterocycles. The van der Waals surface area contributed by atoms with E-state index in [1.54, 1.807) is 12.1 Å². The molecule has 1 aromatic carbocycles. The Morgan fingerprint density at radius 2 is 2.15 bits per heavy atom. The van der Waals surface area contributed by atoms with Gasteiger partial charge in [0.15, 0.2) is 0 Å². The van der Waals surface area contributed by atoms with Crippen molar-refractivity contribution in [1.82, 2.24) is 0 Å². The van der Waals surface area contributed by atoms with E-state index in [0.29, 0.717) is 5.56 Å². The summed E-state index contributed by atoms with van der Waals surface area (Å²) in [6, 6.07) is 9.18. The molecule has 0 aliphatic carbocycles. The average Bonchev–Trinajstić information content (AvgIpc) is 2.19. The van der Waals surface area contributed by atoms with Crippen LogP contribution in [-0.2, 0) is 3.79 Å². The van der Waals surface area contributed by atoms with E-state index >= 15 is 0 Å². The van der Waals surface area contributed by atoms with Gasteiger partial charge in [0.05, 0.1) is 0 Å². The molecule has 0 saturated carbocycles. The van der Waals surface area contributed by atoms with Crippen LogP contribution in [-0.4, -0.2) is 29.7 Å². The Bertz CT molecular complexity index is 264. The van der Waals surface area contributed by atoms with E-state index < -0.39 is 15.6 Å². The number of benzene rings is 1. The van der Waals surface area contributed by atoms with Crippen LogP contribution in [0.1, 0.15) is 10.4 Å². The van der Waals surface area contributed by atoms with Crippen molar-refractivity contribution in [2.24, 2.45) is 0 Å². The third kappa shape index (κ3) is 4.12. The number of hydrogen-bond acceptors (Lipinski definition) is 2. The minimum atomic E-state index is -0.581. The molecular formula is C9H11AlIO2-. The molecule has 0 aromatic heterocycles. The van der Waals surface area contributed by atoms with E-state index in [-0.39, 0.29) is 27.2 Å². The van der Waals surface area contributed by atoms with Crippen LogP contribution in [0.3, 0.4) is 0 Å². The van der Waals surface area contributed by atoms with Crippen molar-refractivity contribution < 1.29 is 29.8 Å². The van der Waals surface area contributed by atoms with Gasteiger partial charge in [-0.05, 0) is 0 Å². The second-order valence-corrected chi connectivity index (χ2v) is 8.29. The standard InChI is InChI=1S/C7H6O2.C2H5I.Al.H/c8-7(9)6-4-2-1-3-5-6;1-3-2;;/h1-5H,(H,8,9);1H2,2H3;;/q;-1;+1;/p-1. The Morgan fingerprint density at radius 1 is 1.46 bits per heavy atom. The summed E-state index contributed by atoms with van der Waals surface area (Å²) in [7, 11) is 0. The summed E-state index contributed by atoms with van der Waals surface area (Å²) >= 11 is -0.291. The van der Waals surface area contributed by atoms with Gasteiger partial charge in [-0.3, -0.25) is 0 Å². The van der Waals surface area contributed by atoms with Gasteiger partial charge in [-0.2, -0.15) is 0 Å². The molecule has 13 heavy (non-hydrogen) atoms. The van der Waals surface area contributed by atoms with Gasteiger partial charge in [0.1, 0.15) is 0 Å². The van der Waals surface area contributed by atoms with Crippen molar-refractivity contribution in [3.05, 3.63) is 35.9 Å². The van der Waals surface area contributed by atoms with Crippen LogP contribution >= 0.6 is 0 Å². The first-order chi connectivity index (χ1) is 6.34. The van der Waals surface area contributed by atoms with E-state index in [1.807, 2.05) is 18.2 Å². The molecule has 2 nitrogen and oxygen atoms in total. The molecular weight excluding hydrogens is 294 g/mol. The molecule has 0 N–H and O–H groups in total. The zero-order valence-corrected chi connectivity index (χ0v) is 11.1. The van der Waals surface area contributed by atoms with Gasteiger partial charge < -0.3 is 0 Å². The Kier molecular flexibility index (Phi) is 5.44. The zero-order chi connectivity index (χ0) is 9.52. The monoisotopic (exact) mass is 305 g/mol. The van der Waals surface area contributed by atoms with Crippen molar-refractivity contribution in [3.8, 4) is 0 Å². The first-order valence-electron chi connectivity index (χ1n) is 4.00. The van der Waals surface area contributed by atoms with Crippen LogP contribution in [0.4, 0.5) is 0 Å². The van der Waals surface area contributed by atoms with Gasteiger partial charge >= 0.3 is 95.4 Å². The number of carbonyl (C=O) groups is 1. The average molecular weight is 305 g/mol. The molecule has 1 aromatic rings. The summed E-state index contributed by atoms with van der Waals surface area (Å²) in [6.45, 7) is 0. The maximum atomic E-state index is 11.3. The zero-order valence-electron chi connectivity index (χ0n) is 7.50. The van der Waals surface area contributed by atoms with Crippen LogP contribution in [0.2, 0.25) is 0 Å². The fourth-order valence-corrected chi connectivity index (χ4v) is 3.43. The van der Waals surface area contributed by atoms with E-state index in [4.69, 9.17) is 3.79 Å². The second kappa shape index (κ2) is 6.41.